The highest BCUT2D eigenvalue weighted by molar-refractivity contribution is 7.46. The molecule has 106 valence electrons. The van der Waals surface area contributed by atoms with Gasteiger partial charge in [-0.2, -0.15) is 0 Å². The van der Waals surface area contributed by atoms with E-state index in [0.29, 0.717) is 0 Å². The van der Waals surface area contributed by atoms with E-state index in [1.807, 2.05) is 0 Å². The fourth-order valence-electron chi connectivity index (χ4n) is 1.67. The number of carbonyl (C=O) groups excluding carboxylic acids is 1. The molecular weight excluding hydrogens is 269 g/mol. The van der Waals surface area contributed by atoms with Gasteiger partial charge in [-0.1, -0.05) is 0 Å². The number of hydrogen-bond acceptors (Lipinski definition) is 6. The largest absolute Gasteiger partial charge is 0.472 e. The lowest BCUT2D eigenvalue weighted by Gasteiger charge is -2.38. The first-order valence-corrected chi connectivity index (χ1v) is 6.71. The summed E-state index contributed by atoms with van der Waals surface area (Å²) in [5.74, 6) is -0.510. The number of rotatable bonds is 4. The molecule has 0 radical (unpaired) electrons. The van der Waals surface area contributed by atoms with Crippen LogP contribution in [0.5, 0.6) is 0 Å². The molecule has 0 aliphatic carbocycles. The van der Waals surface area contributed by atoms with Crippen molar-refractivity contribution >= 4 is 13.7 Å². The zero-order chi connectivity index (χ0) is 13.9. The first-order chi connectivity index (χ1) is 8.23. The van der Waals surface area contributed by atoms with Crippen LogP contribution in [0.4, 0.5) is 0 Å². The number of aliphatic hydroxyl groups excluding tert-OH is 2. The Balaban J connectivity index is 2.81. The maximum Gasteiger partial charge on any atom is 0.472 e. The third-order valence-electron chi connectivity index (χ3n) is 2.35. The second kappa shape index (κ2) is 6.07. The van der Waals surface area contributed by atoms with E-state index in [1.54, 1.807) is 0 Å². The molecular formula is C8H16NO8P. The number of amides is 1. The van der Waals surface area contributed by atoms with Gasteiger partial charge in [0.1, 0.15) is 6.04 Å². The molecule has 1 aliphatic rings. The van der Waals surface area contributed by atoms with E-state index < -0.39 is 44.9 Å². The molecule has 0 unspecified atom stereocenters. The maximum absolute atomic E-state index is 10.9. The fourth-order valence-corrected chi connectivity index (χ4v) is 2.12. The maximum atomic E-state index is 10.9. The topological polar surface area (TPSA) is 146 Å². The highest BCUT2D eigenvalue weighted by Gasteiger charge is 2.42. The average molecular weight is 285 g/mol. The molecule has 1 aliphatic heterocycles. The van der Waals surface area contributed by atoms with Crippen molar-refractivity contribution in [1.29, 1.82) is 0 Å². The lowest BCUT2D eigenvalue weighted by molar-refractivity contribution is -0.207. The van der Waals surface area contributed by atoms with Gasteiger partial charge < -0.3 is 30.1 Å². The van der Waals surface area contributed by atoms with Gasteiger partial charge in [0, 0.05) is 13.3 Å². The predicted octanol–water partition coefficient (Wildman–Crippen LogP) is -1.93. The second-order valence-electron chi connectivity index (χ2n) is 3.93. The standard InChI is InChI=1S/C8H16NO8P/c1-4(11)9-7-6(12)2-5(3-10)16-8(7)17-18(13,14)15/h5-8,10,12H,2-3H2,1H3,(H,9,11)(H2,13,14,15)/t5-,6-,7+,8+/m0/s1. The number of aliphatic hydroxyl groups is 2. The van der Waals surface area contributed by atoms with Gasteiger partial charge >= 0.3 is 7.82 Å². The van der Waals surface area contributed by atoms with Crippen LogP contribution < -0.4 is 5.32 Å². The summed E-state index contributed by atoms with van der Waals surface area (Å²) in [6.07, 6.45) is -3.48. The lowest BCUT2D eigenvalue weighted by Crippen LogP contribution is -2.57. The molecule has 0 aromatic carbocycles. The van der Waals surface area contributed by atoms with E-state index in [1.165, 1.54) is 6.92 Å². The van der Waals surface area contributed by atoms with Gasteiger partial charge in [-0.15, -0.1) is 0 Å². The number of ether oxygens (including phenoxy) is 1. The van der Waals surface area contributed by atoms with Gasteiger partial charge in [0.2, 0.25) is 5.91 Å². The van der Waals surface area contributed by atoms with Crippen LogP contribution in [0.1, 0.15) is 13.3 Å². The number of phosphoric acid groups is 1. The van der Waals surface area contributed by atoms with Crippen LogP contribution in [0.3, 0.4) is 0 Å². The molecule has 0 bridgehead atoms. The summed E-state index contributed by atoms with van der Waals surface area (Å²) < 4.78 is 20.2. The molecule has 9 nitrogen and oxygen atoms in total. The number of hydrogen-bond donors (Lipinski definition) is 5. The molecule has 0 spiro atoms. The van der Waals surface area contributed by atoms with Gasteiger partial charge in [-0.3, -0.25) is 9.32 Å². The predicted molar refractivity (Wildman–Crippen MR) is 57.1 cm³/mol. The van der Waals surface area contributed by atoms with E-state index in [4.69, 9.17) is 19.6 Å². The SMILES string of the molecule is CC(=O)N[C@H]1[C@@H](OP(=O)(O)O)O[C@H](CO)C[C@@H]1O. The van der Waals surface area contributed by atoms with E-state index in [0.717, 1.165) is 0 Å². The minimum Gasteiger partial charge on any atom is -0.394 e. The van der Waals surface area contributed by atoms with Crippen LogP contribution in [0, 0.1) is 0 Å². The van der Waals surface area contributed by atoms with Crippen molar-refractivity contribution in [2.45, 2.75) is 37.9 Å². The molecule has 1 fully saturated rings. The molecule has 1 saturated heterocycles. The van der Waals surface area contributed by atoms with Crippen molar-refractivity contribution in [2.24, 2.45) is 0 Å². The van der Waals surface area contributed by atoms with Gasteiger partial charge in [-0.25, -0.2) is 4.57 Å². The first-order valence-electron chi connectivity index (χ1n) is 5.18. The molecule has 4 atom stereocenters. The number of carbonyl (C=O) groups is 1. The smallest absolute Gasteiger partial charge is 0.394 e. The Morgan fingerprint density at radius 3 is 2.61 bits per heavy atom. The Hall–Kier alpha value is -0.540. The van der Waals surface area contributed by atoms with Crippen molar-refractivity contribution in [1.82, 2.24) is 5.32 Å². The van der Waals surface area contributed by atoms with Crippen molar-refractivity contribution < 1.29 is 38.6 Å². The van der Waals surface area contributed by atoms with Crippen LogP contribution >= 0.6 is 7.82 Å². The van der Waals surface area contributed by atoms with Crippen LogP contribution in [0.15, 0.2) is 0 Å². The highest BCUT2D eigenvalue weighted by Crippen LogP contribution is 2.40. The van der Waals surface area contributed by atoms with Crippen LogP contribution in [-0.2, 0) is 18.6 Å². The van der Waals surface area contributed by atoms with Crippen molar-refractivity contribution in [2.75, 3.05) is 6.61 Å². The lowest BCUT2D eigenvalue weighted by atomic mass is 10.0. The van der Waals surface area contributed by atoms with E-state index >= 15 is 0 Å². The molecule has 0 saturated carbocycles. The Labute approximate surface area is 103 Å². The summed E-state index contributed by atoms with van der Waals surface area (Å²) in [6, 6.07) is -1.11. The van der Waals surface area contributed by atoms with E-state index in [-0.39, 0.29) is 6.42 Å². The fraction of sp³-hybridized carbons (Fsp3) is 0.875. The van der Waals surface area contributed by atoms with Gasteiger partial charge in [-0.05, 0) is 0 Å². The summed E-state index contributed by atoms with van der Waals surface area (Å²) in [5.41, 5.74) is 0. The molecule has 18 heavy (non-hydrogen) atoms. The van der Waals surface area contributed by atoms with Crippen molar-refractivity contribution in [3.63, 3.8) is 0 Å². The molecule has 10 heteroatoms. The second-order valence-corrected chi connectivity index (χ2v) is 5.13. The summed E-state index contributed by atoms with van der Waals surface area (Å²) in [6.45, 7) is 0.740. The Morgan fingerprint density at radius 1 is 1.56 bits per heavy atom. The van der Waals surface area contributed by atoms with Crippen LogP contribution in [-0.4, -0.2) is 57.1 Å². The minimum absolute atomic E-state index is 0.0163. The molecule has 0 aromatic rings. The summed E-state index contributed by atoms with van der Waals surface area (Å²) in [5, 5.41) is 21.0. The van der Waals surface area contributed by atoms with Crippen molar-refractivity contribution in [3.8, 4) is 0 Å². The zero-order valence-electron chi connectivity index (χ0n) is 9.59. The zero-order valence-corrected chi connectivity index (χ0v) is 10.5. The summed E-state index contributed by atoms with van der Waals surface area (Å²) >= 11 is 0. The van der Waals surface area contributed by atoms with Crippen LogP contribution in [0.2, 0.25) is 0 Å². The number of nitrogens with one attached hydrogen (secondary N) is 1. The molecule has 1 rings (SSSR count). The summed E-state index contributed by atoms with van der Waals surface area (Å²) in [7, 11) is -4.85. The first kappa shape index (κ1) is 15.5. The quantitative estimate of drug-likeness (QED) is 0.375. The third kappa shape index (κ3) is 4.62. The van der Waals surface area contributed by atoms with Gasteiger partial charge in [0.05, 0.1) is 18.8 Å². The third-order valence-corrected chi connectivity index (χ3v) is 2.84. The van der Waals surface area contributed by atoms with Gasteiger partial charge in [0.15, 0.2) is 6.29 Å². The van der Waals surface area contributed by atoms with Gasteiger partial charge in [0.25, 0.3) is 0 Å². The van der Waals surface area contributed by atoms with Crippen molar-refractivity contribution in [3.05, 3.63) is 0 Å². The monoisotopic (exact) mass is 285 g/mol. The van der Waals surface area contributed by atoms with E-state index in [9.17, 15) is 14.5 Å². The number of phosphoric ester groups is 1. The molecule has 0 aromatic heterocycles. The Bertz CT molecular complexity index is 344. The average Bonchev–Trinajstić information content (AvgIpc) is 2.20. The minimum atomic E-state index is -4.85. The highest BCUT2D eigenvalue weighted by atomic mass is 31.2. The van der Waals surface area contributed by atoms with E-state index in [2.05, 4.69) is 9.84 Å². The summed E-state index contributed by atoms with van der Waals surface area (Å²) in [4.78, 5) is 28.4. The Kier molecular flexibility index (Phi) is 5.23. The normalized spacial score (nSPS) is 33.2. The molecule has 5 N–H and O–H groups in total. The molecule has 1 heterocycles. The van der Waals surface area contributed by atoms with Crippen LogP contribution in [0.25, 0.3) is 0 Å². The Morgan fingerprint density at radius 2 is 2.17 bits per heavy atom. The molecule has 1 amide bonds.